The number of aromatic nitrogens is 3. The lowest BCUT2D eigenvalue weighted by atomic mass is 10.1. The number of pyridine rings is 1. The molecule has 2 aromatic carbocycles. The minimum Gasteiger partial charge on any atom is -0.382 e. The van der Waals surface area contributed by atoms with E-state index in [4.69, 9.17) is 10.7 Å². The summed E-state index contributed by atoms with van der Waals surface area (Å²) in [6, 6.07) is 18.3. The summed E-state index contributed by atoms with van der Waals surface area (Å²) in [6.45, 7) is 4.84. The molecule has 0 bridgehead atoms. The fraction of sp³-hybridized carbons (Fsp3) is 0.150. The molecule has 0 aliphatic heterocycles. The Labute approximate surface area is 141 Å². The van der Waals surface area contributed by atoms with Crippen LogP contribution in [0.1, 0.15) is 12.8 Å². The van der Waals surface area contributed by atoms with E-state index in [1.807, 2.05) is 36.4 Å². The van der Waals surface area contributed by atoms with Crippen molar-refractivity contribution in [2.24, 2.45) is 0 Å². The molecule has 4 heteroatoms. The minimum absolute atomic E-state index is 0.481. The number of hydrogen-bond donors (Lipinski definition) is 1. The van der Waals surface area contributed by atoms with E-state index in [0.717, 1.165) is 52.7 Å². The quantitative estimate of drug-likeness (QED) is 0.605. The summed E-state index contributed by atoms with van der Waals surface area (Å²) in [4.78, 5) is 9.36. The van der Waals surface area contributed by atoms with Crippen LogP contribution in [0.3, 0.4) is 0 Å². The van der Waals surface area contributed by atoms with E-state index in [9.17, 15) is 0 Å². The van der Waals surface area contributed by atoms with Crippen molar-refractivity contribution in [2.45, 2.75) is 19.4 Å². The molecule has 0 fully saturated rings. The van der Waals surface area contributed by atoms with E-state index in [2.05, 4.69) is 34.7 Å². The predicted molar refractivity (Wildman–Crippen MR) is 99.5 cm³/mol. The molecule has 1 radical (unpaired) electrons. The minimum atomic E-state index is 0.481. The van der Waals surface area contributed by atoms with Gasteiger partial charge in [0.15, 0.2) is 5.82 Å². The number of imidazole rings is 1. The van der Waals surface area contributed by atoms with Gasteiger partial charge in [0.05, 0.1) is 11.0 Å². The van der Waals surface area contributed by atoms with Crippen molar-refractivity contribution in [1.29, 1.82) is 0 Å². The molecule has 0 spiro atoms. The lowest BCUT2D eigenvalue weighted by molar-refractivity contribution is 0.671. The Morgan fingerprint density at radius 3 is 2.50 bits per heavy atom. The molecule has 2 heterocycles. The molecule has 4 nitrogen and oxygen atoms in total. The van der Waals surface area contributed by atoms with Gasteiger partial charge in [-0.3, -0.25) is 0 Å². The molecule has 24 heavy (non-hydrogen) atoms. The number of benzene rings is 2. The molecule has 4 rings (SSSR count). The van der Waals surface area contributed by atoms with Crippen LogP contribution in [0.4, 0.5) is 5.82 Å². The van der Waals surface area contributed by atoms with Crippen molar-refractivity contribution in [3.8, 4) is 11.4 Å². The first-order valence-electron chi connectivity index (χ1n) is 8.18. The Balaban J connectivity index is 2.09. The zero-order valence-corrected chi connectivity index (χ0v) is 13.4. The number of unbranched alkanes of at least 4 members (excludes halogenated alkanes) is 1. The van der Waals surface area contributed by atoms with Crippen LogP contribution < -0.4 is 5.73 Å². The molecule has 0 aliphatic carbocycles. The van der Waals surface area contributed by atoms with Gasteiger partial charge in [-0.1, -0.05) is 61.9 Å². The van der Waals surface area contributed by atoms with Gasteiger partial charge in [-0.15, -0.1) is 0 Å². The molecule has 0 unspecified atom stereocenters. The van der Waals surface area contributed by atoms with Gasteiger partial charge < -0.3 is 10.3 Å². The van der Waals surface area contributed by atoms with Gasteiger partial charge in [-0.25, -0.2) is 9.97 Å². The van der Waals surface area contributed by atoms with Crippen molar-refractivity contribution in [3.05, 3.63) is 61.5 Å². The number of nitrogen functional groups attached to an aromatic ring is 1. The van der Waals surface area contributed by atoms with Crippen LogP contribution in [0.5, 0.6) is 0 Å². The highest BCUT2D eigenvalue weighted by molar-refractivity contribution is 6.07. The van der Waals surface area contributed by atoms with Crippen LogP contribution >= 0.6 is 0 Å². The van der Waals surface area contributed by atoms with Crippen LogP contribution in [0.2, 0.25) is 0 Å². The summed E-state index contributed by atoms with van der Waals surface area (Å²) in [7, 11) is 0. The van der Waals surface area contributed by atoms with Crippen molar-refractivity contribution in [2.75, 3.05) is 5.73 Å². The zero-order valence-electron chi connectivity index (χ0n) is 13.4. The Hall–Kier alpha value is -2.88. The monoisotopic (exact) mass is 315 g/mol. The normalized spacial score (nSPS) is 11.4. The molecule has 0 atom stereocenters. The van der Waals surface area contributed by atoms with E-state index in [1.165, 1.54) is 0 Å². The Morgan fingerprint density at radius 2 is 1.71 bits per heavy atom. The van der Waals surface area contributed by atoms with Crippen LogP contribution in [0, 0.1) is 6.92 Å². The molecule has 0 saturated heterocycles. The number of para-hydroxylation sites is 1. The molecular weight excluding hydrogens is 296 g/mol. The topological polar surface area (TPSA) is 56.7 Å². The van der Waals surface area contributed by atoms with Gasteiger partial charge in [-0.2, -0.15) is 0 Å². The summed E-state index contributed by atoms with van der Waals surface area (Å²) >= 11 is 0. The second kappa shape index (κ2) is 5.96. The molecule has 0 saturated carbocycles. The molecular formula is C20H19N4. The summed E-state index contributed by atoms with van der Waals surface area (Å²) in [6.07, 6.45) is 1.87. The summed E-state index contributed by atoms with van der Waals surface area (Å²) < 4.78 is 2.26. The van der Waals surface area contributed by atoms with Crippen LogP contribution in [0.15, 0.2) is 54.6 Å². The smallest absolute Gasteiger partial charge is 0.152 e. The van der Waals surface area contributed by atoms with E-state index in [0.29, 0.717) is 5.82 Å². The first-order valence-corrected chi connectivity index (χ1v) is 8.18. The average Bonchev–Trinajstić information content (AvgIpc) is 3.01. The van der Waals surface area contributed by atoms with E-state index >= 15 is 0 Å². The fourth-order valence-electron chi connectivity index (χ4n) is 3.15. The number of fused-ring (bicyclic) bond motifs is 3. The molecule has 119 valence electrons. The van der Waals surface area contributed by atoms with Gasteiger partial charge in [0.2, 0.25) is 0 Å². The maximum absolute atomic E-state index is 6.21. The number of nitrogens with zero attached hydrogens (tertiary/aromatic N) is 3. The average molecular weight is 315 g/mol. The van der Waals surface area contributed by atoms with Gasteiger partial charge in [0.1, 0.15) is 11.3 Å². The number of rotatable bonds is 4. The van der Waals surface area contributed by atoms with Crippen LogP contribution in [0.25, 0.3) is 33.3 Å². The Morgan fingerprint density at radius 1 is 0.958 bits per heavy atom. The lowest BCUT2D eigenvalue weighted by Gasteiger charge is -2.10. The standard InChI is InChI=1S/C20H19N4/c1-2-3-13-24-18-15-11-7-8-12-16(15)22-19(21)17(18)23-20(24)14-9-5-4-6-10-14/h4-12H,1-3,13H2,(H2,21,22). The van der Waals surface area contributed by atoms with Gasteiger partial charge in [0, 0.05) is 17.5 Å². The highest BCUT2D eigenvalue weighted by Crippen LogP contribution is 2.32. The second-order valence-corrected chi connectivity index (χ2v) is 5.87. The van der Waals surface area contributed by atoms with Crippen molar-refractivity contribution in [1.82, 2.24) is 14.5 Å². The first-order chi connectivity index (χ1) is 11.8. The van der Waals surface area contributed by atoms with Crippen LogP contribution in [-0.2, 0) is 6.54 Å². The third kappa shape index (κ3) is 2.31. The highest BCUT2D eigenvalue weighted by atomic mass is 15.1. The highest BCUT2D eigenvalue weighted by Gasteiger charge is 2.17. The third-order valence-corrected chi connectivity index (χ3v) is 4.27. The molecule has 0 amide bonds. The molecule has 2 aromatic heterocycles. The van der Waals surface area contributed by atoms with Crippen molar-refractivity contribution < 1.29 is 0 Å². The SMILES string of the molecule is [CH2]CCCn1c(-c2ccccc2)nc2c(N)nc3ccccc3c21. The van der Waals surface area contributed by atoms with Crippen molar-refractivity contribution >= 4 is 27.8 Å². The fourth-order valence-corrected chi connectivity index (χ4v) is 3.15. The Kier molecular flexibility index (Phi) is 3.65. The van der Waals surface area contributed by atoms with Gasteiger partial charge in [0.25, 0.3) is 0 Å². The maximum atomic E-state index is 6.21. The maximum Gasteiger partial charge on any atom is 0.152 e. The second-order valence-electron chi connectivity index (χ2n) is 5.87. The van der Waals surface area contributed by atoms with Gasteiger partial charge in [-0.05, 0) is 12.5 Å². The number of hydrogen-bond acceptors (Lipinski definition) is 3. The number of nitrogens with two attached hydrogens (primary N) is 1. The predicted octanol–water partition coefficient (Wildman–Crippen LogP) is 4.45. The molecule has 4 aromatic rings. The van der Waals surface area contributed by atoms with Crippen LogP contribution in [-0.4, -0.2) is 14.5 Å². The third-order valence-electron chi connectivity index (χ3n) is 4.27. The first kappa shape index (κ1) is 14.7. The lowest BCUT2D eigenvalue weighted by Crippen LogP contribution is -2.01. The van der Waals surface area contributed by atoms with E-state index < -0.39 is 0 Å². The number of anilines is 1. The number of aryl methyl sites for hydroxylation is 1. The van der Waals surface area contributed by atoms with E-state index in [-0.39, 0.29) is 0 Å². The molecule has 2 N–H and O–H groups in total. The summed E-state index contributed by atoms with van der Waals surface area (Å²) in [5.41, 5.74) is 10.0. The largest absolute Gasteiger partial charge is 0.382 e. The summed E-state index contributed by atoms with van der Waals surface area (Å²) in [5, 5.41) is 1.08. The van der Waals surface area contributed by atoms with Crippen molar-refractivity contribution in [3.63, 3.8) is 0 Å². The Bertz CT molecular complexity index is 1000. The molecule has 0 aliphatic rings. The van der Waals surface area contributed by atoms with Gasteiger partial charge >= 0.3 is 0 Å². The summed E-state index contributed by atoms with van der Waals surface area (Å²) in [5.74, 6) is 1.41. The zero-order chi connectivity index (χ0) is 16.5. The van der Waals surface area contributed by atoms with E-state index in [1.54, 1.807) is 0 Å².